The van der Waals surface area contributed by atoms with E-state index in [4.69, 9.17) is 0 Å². The normalized spacial score (nSPS) is 10.0. The van der Waals surface area contributed by atoms with Gasteiger partial charge in [-0.15, -0.1) is 0 Å². The van der Waals surface area contributed by atoms with Crippen LogP contribution in [0.3, 0.4) is 0 Å². The number of benzene rings is 2. The maximum Gasteiger partial charge on any atom is 0.226 e. The van der Waals surface area contributed by atoms with Crippen LogP contribution in [0, 0.1) is 0 Å². The highest BCUT2D eigenvalue weighted by atomic mass is 16.2. The average Bonchev–Trinajstić information content (AvgIpc) is 2.54. The lowest BCUT2D eigenvalue weighted by atomic mass is 10.1. The summed E-state index contributed by atoms with van der Waals surface area (Å²) in [7, 11) is 0. The summed E-state index contributed by atoms with van der Waals surface area (Å²) < 4.78 is 0. The largest absolute Gasteiger partial charge is 0.385 e. The Morgan fingerprint density at radius 1 is 0.840 bits per heavy atom. The quantitative estimate of drug-likeness (QED) is 0.676. The highest BCUT2D eigenvalue weighted by Gasteiger charge is 2.05. The minimum atomic E-state index is -0.166. The van der Waals surface area contributed by atoms with Gasteiger partial charge in [0.2, 0.25) is 11.8 Å². The number of carbonyl (C=O) groups is 3. The molecule has 2 aromatic carbocycles. The molecular weight excluding hydrogens is 318 g/mol. The molecule has 0 aliphatic rings. The minimum absolute atomic E-state index is 0.000412. The van der Waals surface area contributed by atoms with Crippen LogP contribution in [0.4, 0.5) is 17.1 Å². The fraction of sp³-hybridized carbons (Fsp3) is 0.211. The van der Waals surface area contributed by atoms with Crippen LogP contribution in [-0.4, -0.2) is 24.1 Å². The molecule has 0 spiro atoms. The van der Waals surface area contributed by atoms with Crippen molar-refractivity contribution in [2.24, 2.45) is 0 Å². The molecule has 25 heavy (non-hydrogen) atoms. The molecule has 130 valence electrons. The molecule has 0 saturated heterocycles. The first-order chi connectivity index (χ1) is 11.9. The first kappa shape index (κ1) is 18.2. The molecule has 0 aliphatic heterocycles. The van der Waals surface area contributed by atoms with Gasteiger partial charge in [0, 0.05) is 42.5 Å². The van der Waals surface area contributed by atoms with Crippen molar-refractivity contribution >= 4 is 34.7 Å². The summed E-state index contributed by atoms with van der Waals surface area (Å²) >= 11 is 0. The first-order valence-corrected chi connectivity index (χ1v) is 7.96. The fourth-order valence-electron chi connectivity index (χ4n) is 2.27. The Morgan fingerprint density at radius 2 is 1.48 bits per heavy atom. The summed E-state index contributed by atoms with van der Waals surface area (Å²) in [6.07, 6.45) is 0.272. The van der Waals surface area contributed by atoms with Crippen molar-refractivity contribution in [2.45, 2.75) is 20.3 Å². The Kier molecular flexibility index (Phi) is 6.28. The average molecular weight is 339 g/mol. The van der Waals surface area contributed by atoms with E-state index in [1.165, 1.54) is 13.8 Å². The number of amides is 2. The van der Waals surface area contributed by atoms with Gasteiger partial charge in [0.05, 0.1) is 0 Å². The number of ketones is 1. The SMILES string of the molecule is CC(=O)Nc1cccc(NC(=O)CCNc2cccc(C(C)=O)c2)c1. The molecule has 6 heteroatoms. The van der Waals surface area contributed by atoms with E-state index in [1.807, 2.05) is 6.07 Å². The van der Waals surface area contributed by atoms with Gasteiger partial charge in [-0.2, -0.15) is 0 Å². The maximum absolute atomic E-state index is 12.0. The molecule has 0 fully saturated rings. The topological polar surface area (TPSA) is 87.3 Å². The standard InChI is InChI=1S/C19H21N3O3/c1-13(23)15-5-3-6-16(11-15)20-10-9-19(25)22-18-8-4-7-17(12-18)21-14(2)24/h3-8,11-12,20H,9-10H2,1-2H3,(H,21,24)(H,22,25). The van der Waals surface area contributed by atoms with Crippen LogP contribution in [-0.2, 0) is 9.59 Å². The van der Waals surface area contributed by atoms with Gasteiger partial charge in [-0.3, -0.25) is 14.4 Å². The van der Waals surface area contributed by atoms with Crippen LogP contribution in [0.15, 0.2) is 48.5 Å². The number of nitrogens with one attached hydrogen (secondary N) is 3. The Hall–Kier alpha value is -3.15. The van der Waals surface area contributed by atoms with Crippen molar-refractivity contribution in [2.75, 3.05) is 22.5 Å². The molecule has 3 N–H and O–H groups in total. The summed E-state index contributed by atoms with van der Waals surface area (Å²) in [4.78, 5) is 34.4. The van der Waals surface area contributed by atoms with Crippen LogP contribution in [0.5, 0.6) is 0 Å². The van der Waals surface area contributed by atoms with E-state index in [1.54, 1.807) is 42.5 Å². The smallest absolute Gasteiger partial charge is 0.226 e. The Balaban J connectivity index is 1.84. The molecule has 2 rings (SSSR count). The number of carbonyl (C=O) groups excluding carboxylic acids is 3. The molecule has 0 aromatic heterocycles. The molecule has 0 radical (unpaired) electrons. The van der Waals surface area contributed by atoms with E-state index >= 15 is 0 Å². The van der Waals surface area contributed by atoms with Crippen LogP contribution in [0.25, 0.3) is 0 Å². The number of Topliss-reactive ketones (excluding diaryl/α,β-unsaturated/α-hetero) is 1. The third-order valence-corrected chi connectivity index (χ3v) is 3.42. The van der Waals surface area contributed by atoms with Crippen molar-refractivity contribution in [3.8, 4) is 0 Å². The van der Waals surface area contributed by atoms with Crippen molar-refractivity contribution in [1.29, 1.82) is 0 Å². The molecule has 0 aliphatic carbocycles. The number of rotatable bonds is 7. The Labute approximate surface area is 146 Å². The summed E-state index contributed by atoms with van der Waals surface area (Å²) in [5.74, 6) is -0.309. The molecule has 0 atom stereocenters. The van der Waals surface area contributed by atoms with Gasteiger partial charge in [0.15, 0.2) is 5.78 Å². The van der Waals surface area contributed by atoms with Crippen molar-refractivity contribution in [3.63, 3.8) is 0 Å². The lowest BCUT2D eigenvalue weighted by molar-refractivity contribution is -0.116. The van der Waals surface area contributed by atoms with E-state index in [-0.39, 0.29) is 24.0 Å². The lowest BCUT2D eigenvalue weighted by Crippen LogP contribution is -2.16. The van der Waals surface area contributed by atoms with E-state index in [0.29, 0.717) is 23.5 Å². The molecule has 6 nitrogen and oxygen atoms in total. The molecule has 0 heterocycles. The number of hydrogen-bond acceptors (Lipinski definition) is 4. The first-order valence-electron chi connectivity index (χ1n) is 7.96. The zero-order chi connectivity index (χ0) is 18.2. The highest BCUT2D eigenvalue weighted by Crippen LogP contribution is 2.15. The lowest BCUT2D eigenvalue weighted by Gasteiger charge is -2.09. The monoisotopic (exact) mass is 339 g/mol. The van der Waals surface area contributed by atoms with Gasteiger partial charge in [-0.05, 0) is 37.3 Å². The van der Waals surface area contributed by atoms with Crippen molar-refractivity contribution in [1.82, 2.24) is 0 Å². The summed E-state index contributed by atoms with van der Waals surface area (Å²) in [5.41, 5.74) is 2.68. The molecular formula is C19H21N3O3. The Morgan fingerprint density at radius 3 is 2.16 bits per heavy atom. The van der Waals surface area contributed by atoms with Crippen molar-refractivity contribution < 1.29 is 14.4 Å². The highest BCUT2D eigenvalue weighted by molar-refractivity contribution is 5.95. The van der Waals surface area contributed by atoms with Gasteiger partial charge in [0.1, 0.15) is 0 Å². The maximum atomic E-state index is 12.0. The van der Waals surface area contributed by atoms with E-state index in [0.717, 1.165) is 5.69 Å². The molecule has 0 saturated carbocycles. The fourth-order valence-corrected chi connectivity index (χ4v) is 2.27. The molecule has 0 unspecified atom stereocenters. The van der Waals surface area contributed by atoms with Crippen LogP contribution in [0.2, 0.25) is 0 Å². The van der Waals surface area contributed by atoms with Gasteiger partial charge in [0.25, 0.3) is 0 Å². The molecule has 2 aromatic rings. The predicted molar refractivity (Wildman–Crippen MR) is 98.9 cm³/mol. The van der Waals surface area contributed by atoms with Crippen LogP contribution >= 0.6 is 0 Å². The van der Waals surface area contributed by atoms with Gasteiger partial charge in [-0.25, -0.2) is 0 Å². The summed E-state index contributed by atoms with van der Waals surface area (Å²) in [6.45, 7) is 3.39. The van der Waals surface area contributed by atoms with E-state index in [9.17, 15) is 14.4 Å². The minimum Gasteiger partial charge on any atom is -0.385 e. The van der Waals surface area contributed by atoms with Gasteiger partial charge in [-0.1, -0.05) is 18.2 Å². The zero-order valence-electron chi connectivity index (χ0n) is 14.3. The van der Waals surface area contributed by atoms with Crippen LogP contribution in [0.1, 0.15) is 30.6 Å². The second kappa shape index (κ2) is 8.63. The zero-order valence-corrected chi connectivity index (χ0v) is 14.3. The summed E-state index contributed by atoms with van der Waals surface area (Å²) in [6, 6.07) is 14.1. The second-order valence-electron chi connectivity index (χ2n) is 5.62. The summed E-state index contributed by atoms with van der Waals surface area (Å²) in [5, 5.41) is 8.58. The van der Waals surface area contributed by atoms with Gasteiger partial charge < -0.3 is 16.0 Å². The Bertz CT molecular complexity index is 787. The third kappa shape index (κ3) is 6.10. The van der Waals surface area contributed by atoms with Crippen LogP contribution < -0.4 is 16.0 Å². The van der Waals surface area contributed by atoms with E-state index in [2.05, 4.69) is 16.0 Å². The molecule has 2 amide bonds. The van der Waals surface area contributed by atoms with Crippen molar-refractivity contribution in [3.05, 3.63) is 54.1 Å². The van der Waals surface area contributed by atoms with Gasteiger partial charge >= 0.3 is 0 Å². The van der Waals surface area contributed by atoms with E-state index < -0.39 is 0 Å². The molecule has 0 bridgehead atoms. The second-order valence-corrected chi connectivity index (χ2v) is 5.62. The predicted octanol–water partition coefficient (Wildman–Crippen LogP) is 3.29. The third-order valence-electron chi connectivity index (χ3n) is 3.42. The number of anilines is 3. The number of hydrogen-bond donors (Lipinski definition) is 3.